The standard InChI is InChI=1S/C19H25N3O2S/c1-13-20-15(12-25-13)10-21-8-14-9-22(11-16(14)17(21)23)18(24)19(2)6-4-3-5-7-19/h3-4,12,14,16H,5-11H2,1-2H3/t14-,16+,19?/m1/s1. The van der Waals surface area contributed by atoms with E-state index >= 15 is 0 Å². The third kappa shape index (κ3) is 3.01. The molecule has 0 spiro atoms. The van der Waals surface area contributed by atoms with E-state index in [4.69, 9.17) is 0 Å². The fourth-order valence-corrected chi connectivity index (χ4v) is 5.07. The van der Waals surface area contributed by atoms with Crippen LogP contribution >= 0.6 is 11.3 Å². The van der Waals surface area contributed by atoms with Crippen LogP contribution in [0.4, 0.5) is 0 Å². The second-order valence-corrected chi connectivity index (χ2v) is 8.99. The molecular formula is C19H25N3O2S. The van der Waals surface area contributed by atoms with E-state index in [0.717, 1.165) is 43.1 Å². The van der Waals surface area contributed by atoms with E-state index in [2.05, 4.69) is 24.1 Å². The number of amides is 2. The van der Waals surface area contributed by atoms with Crippen LogP contribution < -0.4 is 0 Å². The zero-order valence-electron chi connectivity index (χ0n) is 14.9. The van der Waals surface area contributed by atoms with Crippen LogP contribution in [0, 0.1) is 24.2 Å². The maximum atomic E-state index is 13.0. The van der Waals surface area contributed by atoms with Crippen molar-refractivity contribution in [3.05, 3.63) is 28.2 Å². The van der Waals surface area contributed by atoms with E-state index < -0.39 is 0 Å². The minimum Gasteiger partial charge on any atom is -0.341 e. The highest BCUT2D eigenvalue weighted by Gasteiger charge is 2.49. The molecule has 4 rings (SSSR count). The average Bonchev–Trinajstić information content (AvgIpc) is 3.26. The van der Waals surface area contributed by atoms with Crippen LogP contribution in [0.3, 0.4) is 0 Å². The van der Waals surface area contributed by atoms with Gasteiger partial charge in [0.05, 0.1) is 28.6 Å². The lowest BCUT2D eigenvalue weighted by Crippen LogP contribution is -2.43. The van der Waals surface area contributed by atoms with Gasteiger partial charge in [-0.1, -0.05) is 19.1 Å². The molecule has 2 fully saturated rings. The molecule has 134 valence electrons. The van der Waals surface area contributed by atoms with Crippen LogP contribution in [0.1, 0.15) is 36.9 Å². The molecule has 3 aliphatic rings. The molecule has 5 nitrogen and oxygen atoms in total. The second kappa shape index (κ2) is 6.24. The summed E-state index contributed by atoms with van der Waals surface area (Å²) in [5, 5.41) is 3.07. The Labute approximate surface area is 152 Å². The Morgan fingerprint density at radius 3 is 2.84 bits per heavy atom. The topological polar surface area (TPSA) is 53.5 Å². The third-order valence-corrected chi connectivity index (χ3v) is 6.77. The Kier molecular flexibility index (Phi) is 4.18. The van der Waals surface area contributed by atoms with Crippen molar-refractivity contribution in [2.75, 3.05) is 19.6 Å². The van der Waals surface area contributed by atoms with Crippen molar-refractivity contribution in [1.82, 2.24) is 14.8 Å². The maximum absolute atomic E-state index is 13.0. The molecule has 2 saturated heterocycles. The van der Waals surface area contributed by atoms with Crippen molar-refractivity contribution in [2.24, 2.45) is 17.3 Å². The number of hydrogen-bond donors (Lipinski definition) is 0. The number of rotatable bonds is 3. The van der Waals surface area contributed by atoms with Gasteiger partial charge in [-0.2, -0.15) is 0 Å². The monoisotopic (exact) mass is 359 g/mol. The molecule has 6 heteroatoms. The van der Waals surface area contributed by atoms with E-state index in [9.17, 15) is 9.59 Å². The molecule has 0 radical (unpaired) electrons. The highest BCUT2D eigenvalue weighted by molar-refractivity contribution is 7.09. The number of allylic oxidation sites excluding steroid dienone is 2. The first kappa shape index (κ1) is 16.8. The van der Waals surface area contributed by atoms with Gasteiger partial charge in [0.25, 0.3) is 0 Å². The Hall–Kier alpha value is -1.69. The molecule has 0 N–H and O–H groups in total. The number of fused-ring (bicyclic) bond motifs is 1. The van der Waals surface area contributed by atoms with Gasteiger partial charge >= 0.3 is 0 Å². The third-order valence-electron chi connectivity index (χ3n) is 5.95. The summed E-state index contributed by atoms with van der Waals surface area (Å²) < 4.78 is 0. The molecule has 0 saturated carbocycles. The summed E-state index contributed by atoms with van der Waals surface area (Å²) in [4.78, 5) is 34.1. The fraction of sp³-hybridized carbons (Fsp3) is 0.632. The molecule has 3 heterocycles. The summed E-state index contributed by atoms with van der Waals surface area (Å²) in [5.41, 5.74) is 0.694. The molecule has 0 bridgehead atoms. The lowest BCUT2D eigenvalue weighted by Gasteiger charge is -2.34. The van der Waals surface area contributed by atoms with E-state index in [1.54, 1.807) is 11.3 Å². The first-order valence-electron chi connectivity index (χ1n) is 9.10. The average molecular weight is 359 g/mol. The molecule has 2 amide bonds. The highest BCUT2D eigenvalue weighted by atomic mass is 32.1. The molecule has 1 aliphatic carbocycles. The SMILES string of the molecule is Cc1nc(CN2C[C@@H]3CN(C(=O)C4(C)CC=CCC4)C[C@@H]3C2=O)cs1. The van der Waals surface area contributed by atoms with Crippen LogP contribution in [-0.2, 0) is 16.1 Å². The van der Waals surface area contributed by atoms with Crippen molar-refractivity contribution in [3.63, 3.8) is 0 Å². The molecule has 3 atom stereocenters. The predicted octanol–water partition coefficient (Wildman–Crippen LogP) is 2.61. The van der Waals surface area contributed by atoms with Gasteiger partial charge in [0.2, 0.25) is 11.8 Å². The predicted molar refractivity (Wildman–Crippen MR) is 96.9 cm³/mol. The quantitative estimate of drug-likeness (QED) is 0.780. The molecule has 1 aromatic rings. The van der Waals surface area contributed by atoms with Crippen LogP contribution in [0.2, 0.25) is 0 Å². The smallest absolute Gasteiger partial charge is 0.228 e. The van der Waals surface area contributed by atoms with Gasteiger partial charge in [-0.05, 0) is 26.2 Å². The Bertz CT molecular complexity index is 728. The number of likely N-dealkylation sites (tertiary alicyclic amines) is 2. The van der Waals surface area contributed by atoms with Crippen molar-refractivity contribution in [1.29, 1.82) is 0 Å². The summed E-state index contributed by atoms with van der Waals surface area (Å²) in [6, 6.07) is 0. The van der Waals surface area contributed by atoms with Crippen molar-refractivity contribution in [2.45, 2.75) is 39.7 Å². The number of nitrogens with zero attached hydrogens (tertiary/aromatic N) is 3. The lowest BCUT2D eigenvalue weighted by atomic mass is 9.78. The number of thiazole rings is 1. The van der Waals surface area contributed by atoms with Gasteiger partial charge in [0, 0.05) is 30.9 Å². The van der Waals surface area contributed by atoms with Crippen molar-refractivity contribution in [3.8, 4) is 0 Å². The maximum Gasteiger partial charge on any atom is 0.228 e. The van der Waals surface area contributed by atoms with Gasteiger partial charge in [-0.15, -0.1) is 11.3 Å². The summed E-state index contributed by atoms with van der Waals surface area (Å²) in [6.07, 6.45) is 7.00. The zero-order valence-corrected chi connectivity index (χ0v) is 15.7. The van der Waals surface area contributed by atoms with Crippen LogP contribution in [0.25, 0.3) is 0 Å². The van der Waals surface area contributed by atoms with Crippen LogP contribution in [0.5, 0.6) is 0 Å². The highest BCUT2D eigenvalue weighted by Crippen LogP contribution is 2.39. The molecule has 1 unspecified atom stereocenters. The number of carbonyl (C=O) groups is 2. The fourth-order valence-electron chi connectivity index (χ4n) is 4.47. The number of aryl methyl sites for hydroxylation is 1. The number of carbonyl (C=O) groups excluding carboxylic acids is 2. The largest absolute Gasteiger partial charge is 0.341 e. The Morgan fingerprint density at radius 1 is 1.36 bits per heavy atom. The first-order chi connectivity index (χ1) is 12.0. The van der Waals surface area contributed by atoms with Gasteiger partial charge in [-0.25, -0.2) is 4.98 Å². The normalized spacial score (nSPS) is 31.7. The summed E-state index contributed by atoms with van der Waals surface area (Å²) in [7, 11) is 0. The van der Waals surface area contributed by atoms with E-state index in [0.29, 0.717) is 13.1 Å². The van der Waals surface area contributed by atoms with Crippen molar-refractivity contribution >= 4 is 23.2 Å². The summed E-state index contributed by atoms with van der Waals surface area (Å²) >= 11 is 1.62. The molecule has 0 aromatic carbocycles. The van der Waals surface area contributed by atoms with Gasteiger partial charge in [-0.3, -0.25) is 9.59 Å². The van der Waals surface area contributed by atoms with Crippen LogP contribution in [0.15, 0.2) is 17.5 Å². The Balaban J connectivity index is 1.40. The van der Waals surface area contributed by atoms with Gasteiger partial charge < -0.3 is 9.80 Å². The molecule has 25 heavy (non-hydrogen) atoms. The minimum absolute atomic E-state index is 0.0218. The molecule has 2 aliphatic heterocycles. The summed E-state index contributed by atoms with van der Waals surface area (Å²) in [6.45, 7) is 6.73. The Morgan fingerprint density at radius 2 is 2.20 bits per heavy atom. The van der Waals surface area contributed by atoms with Gasteiger partial charge in [0.1, 0.15) is 0 Å². The minimum atomic E-state index is -0.283. The summed E-state index contributed by atoms with van der Waals surface area (Å²) in [5.74, 6) is 0.686. The molecule has 1 aromatic heterocycles. The lowest BCUT2D eigenvalue weighted by molar-refractivity contribution is -0.141. The van der Waals surface area contributed by atoms with E-state index in [-0.39, 0.29) is 29.1 Å². The number of hydrogen-bond acceptors (Lipinski definition) is 4. The second-order valence-electron chi connectivity index (χ2n) is 7.93. The molecular weight excluding hydrogens is 334 g/mol. The first-order valence-corrected chi connectivity index (χ1v) is 9.98. The zero-order chi connectivity index (χ0) is 17.6. The number of aromatic nitrogens is 1. The van der Waals surface area contributed by atoms with Crippen LogP contribution in [-0.4, -0.2) is 46.2 Å². The van der Waals surface area contributed by atoms with Crippen molar-refractivity contribution < 1.29 is 9.59 Å². The van der Waals surface area contributed by atoms with E-state index in [1.807, 2.05) is 22.1 Å². The van der Waals surface area contributed by atoms with E-state index in [1.165, 1.54) is 0 Å². The van der Waals surface area contributed by atoms with Gasteiger partial charge in [0.15, 0.2) is 0 Å².